The zero-order valence-corrected chi connectivity index (χ0v) is 10.4. The number of nitrogens with zero attached hydrogens (tertiary/aromatic N) is 1. The largest absolute Gasteiger partial charge is 0.467 e. The first-order chi connectivity index (χ1) is 8.54. The Morgan fingerprint density at radius 2 is 2.28 bits per heavy atom. The molecule has 1 aromatic carbocycles. The molecule has 1 aliphatic heterocycles. The van der Waals surface area contributed by atoms with E-state index in [1.807, 2.05) is 0 Å². The number of amides is 1. The van der Waals surface area contributed by atoms with Gasteiger partial charge in [0.1, 0.15) is 11.9 Å². The standard InChI is InChI=1S/C12H11ClFNO3/c1-18-12(17)10-4-5-11(16)15(10)7-2-3-9(14)8(13)6-7/h2-3,6,10H,4-5H2,1H3. The van der Waals surface area contributed by atoms with Gasteiger partial charge in [-0.1, -0.05) is 11.6 Å². The van der Waals surface area contributed by atoms with E-state index < -0.39 is 17.8 Å². The molecule has 1 fully saturated rings. The maximum atomic E-state index is 13.1. The molecule has 1 unspecified atom stereocenters. The summed E-state index contributed by atoms with van der Waals surface area (Å²) in [5, 5.41) is -0.0872. The average Bonchev–Trinajstić information content (AvgIpc) is 2.74. The van der Waals surface area contributed by atoms with Crippen LogP contribution in [-0.2, 0) is 14.3 Å². The highest BCUT2D eigenvalue weighted by Crippen LogP contribution is 2.30. The van der Waals surface area contributed by atoms with E-state index in [9.17, 15) is 14.0 Å². The summed E-state index contributed by atoms with van der Waals surface area (Å²) in [7, 11) is 1.26. The first-order valence-corrected chi connectivity index (χ1v) is 5.77. The van der Waals surface area contributed by atoms with Crippen molar-refractivity contribution in [2.45, 2.75) is 18.9 Å². The molecule has 2 rings (SSSR count). The van der Waals surface area contributed by atoms with Gasteiger partial charge in [0.25, 0.3) is 0 Å². The fourth-order valence-corrected chi connectivity index (χ4v) is 2.18. The summed E-state index contributed by atoms with van der Waals surface area (Å²) in [5.74, 6) is -1.25. The molecule has 0 spiro atoms. The van der Waals surface area contributed by atoms with Crippen LogP contribution in [0.2, 0.25) is 5.02 Å². The van der Waals surface area contributed by atoms with E-state index >= 15 is 0 Å². The minimum Gasteiger partial charge on any atom is -0.467 e. The summed E-state index contributed by atoms with van der Waals surface area (Å²) in [5.41, 5.74) is 0.402. The van der Waals surface area contributed by atoms with Crippen molar-refractivity contribution in [2.24, 2.45) is 0 Å². The lowest BCUT2D eigenvalue weighted by molar-refractivity contribution is -0.142. The number of hydrogen-bond acceptors (Lipinski definition) is 3. The van der Waals surface area contributed by atoms with Crippen molar-refractivity contribution in [1.29, 1.82) is 0 Å². The number of carbonyl (C=O) groups is 2. The van der Waals surface area contributed by atoms with E-state index in [0.29, 0.717) is 12.1 Å². The van der Waals surface area contributed by atoms with Gasteiger partial charge in [-0.15, -0.1) is 0 Å². The summed E-state index contributed by atoms with van der Waals surface area (Å²) in [4.78, 5) is 24.7. The van der Waals surface area contributed by atoms with Gasteiger partial charge in [0, 0.05) is 12.1 Å². The molecule has 1 saturated heterocycles. The predicted octanol–water partition coefficient (Wildman–Crippen LogP) is 2.15. The van der Waals surface area contributed by atoms with Crippen molar-refractivity contribution in [2.75, 3.05) is 12.0 Å². The molecule has 1 atom stereocenters. The second-order valence-electron chi connectivity index (χ2n) is 3.94. The van der Waals surface area contributed by atoms with Crippen molar-refractivity contribution in [3.8, 4) is 0 Å². The molecule has 1 aromatic rings. The van der Waals surface area contributed by atoms with Gasteiger partial charge < -0.3 is 4.74 Å². The van der Waals surface area contributed by atoms with Crippen LogP contribution in [0.15, 0.2) is 18.2 Å². The Morgan fingerprint density at radius 1 is 1.56 bits per heavy atom. The van der Waals surface area contributed by atoms with E-state index in [-0.39, 0.29) is 17.4 Å². The molecule has 0 N–H and O–H groups in total. The minimum atomic E-state index is -0.663. The molecular weight excluding hydrogens is 261 g/mol. The van der Waals surface area contributed by atoms with E-state index in [2.05, 4.69) is 4.74 Å². The number of benzene rings is 1. The molecule has 0 radical (unpaired) electrons. The zero-order chi connectivity index (χ0) is 13.3. The van der Waals surface area contributed by atoms with Gasteiger partial charge in [-0.2, -0.15) is 0 Å². The molecule has 0 bridgehead atoms. The van der Waals surface area contributed by atoms with Crippen LogP contribution >= 0.6 is 11.6 Å². The highest BCUT2D eigenvalue weighted by molar-refractivity contribution is 6.31. The van der Waals surface area contributed by atoms with Crippen LogP contribution in [0.1, 0.15) is 12.8 Å². The fraction of sp³-hybridized carbons (Fsp3) is 0.333. The molecule has 6 heteroatoms. The molecule has 18 heavy (non-hydrogen) atoms. The molecule has 4 nitrogen and oxygen atoms in total. The second-order valence-corrected chi connectivity index (χ2v) is 4.35. The number of ether oxygens (including phenoxy) is 1. The normalized spacial score (nSPS) is 19.2. The average molecular weight is 272 g/mol. The highest BCUT2D eigenvalue weighted by atomic mass is 35.5. The zero-order valence-electron chi connectivity index (χ0n) is 9.65. The maximum absolute atomic E-state index is 13.1. The Labute approximate surface area is 108 Å². The summed E-state index contributed by atoms with van der Waals surface area (Å²) in [6.07, 6.45) is 0.648. The van der Waals surface area contributed by atoms with Crippen LogP contribution in [0.25, 0.3) is 0 Å². The van der Waals surface area contributed by atoms with Gasteiger partial charge in [0.2, 0.25) is 5.91 Å². The first kappa shape index (κ1) is 12.8. The minimum absolute atomic E-state index is 0.0872. The van der Waals surface area contributed by atoms with Crippen LogP contribution < -0.4 is 4.90 Å². The Kier molecular flexibility index (Phi) is 3.52. The van der Waals surface area contributed by atoms with Crippen LogP contribution in [0.3, 0.4) is 0 Å². The number of methoxy groups -OCH3 is 1. The Hall–Kier alpha value is -1.62. The Bertz CT molecular complexity index is 506. The van der Waals surface area contributed by atoms with E-state index in [0.717, 1.165) is 6.07 Å². The SMILES string of the molecule is COC(=O)C1CCC(=O)N1c1ccc(F)c(Cl)c1. The molecule has 0 aromatic heterocycles. The van der Waals surface area contributed by atoms with Crippen LogP contribution in [0.5, 0.6) is 0 Å². The highest BCUT2D eigenvalue weighted by Gasteiger charge is 2.37. The van der Waals surface area contributed by atoms with Gasteiger partial charge in [0.05, 0.1) is 12.1 Å². The van der Waals surface area contributed by atoms with Crippen molar-refractivity contribution in [3.63, 3.8) is 0 Å². The smallest absolute Gasteiger partial charge is 0.328 e. The molecule has 0 saturated carbocycles. The van der Waals surface area contributed by atoms with Crippen molar-refractivity contribution in [1.82, 2.24) is 0 Å². The van der Waals surface area contributed by atoms with E-state index in [4.69, 9.17) is 11.6 Å². The van der Waals surface area contributed by atoms with Gasteiger partial charge in [0.15, 0.2) is 0 Å². The lowest BCUT2D eigenvalue weighted by Gasteiger charge is -2.23. The third kappa shape index (κ3) is 2.18. The first-order valence-electron chi connectivity index (χ1n) is 5.39. The quantitative estimate of drug-likeness (QED) is 0.775. The molecular formula is C12H11ClFNO3. The molecule has 96 valence electrons. The molecule has 1 aliphatic rings. The number of carbonyl (C=O) groups excluding carboxylic acids is 2. The summed E-state index contributed by atoms with van der Waals surface area (Å²) in [6.45, 7) is 0. The molecule has 1 amide bonds. The molecule has 0 aliphatic carbocycles. The number of halogens is 2. The summed E-state index contributed by atoms with van der Waals surface area (Å²) < 4.78 is 17.7. The van der Waals surface area contributed by atoms with Gasteiger partial charge in [-0.3, -0.25) is 9.69 Å². The topological polar surface area (TPSA) is 46.6 Å². The number of anilines is 1. The van der Waals surface area contributed by atoms with E-state index in [1.165, 1.54) is 24.1 Å². The Balaban J connectivity index is 2.36. The van der Waals surface area contributed by atoms with Crippen molar-refractivity contribution >= 4 is 29.2 Å². The lowest BCUT2D eigenvalue weighted by atomic mass is 10.2. The summed E-state index contributed by atoms with van der Waals surface area (Å²) >= 11 is 5.67. The lowest BCUT2D eigenvalue weighted by Crippen LogP contribution is -2.39. The van der Waals surface area contributed by atoms with Gasteiger partial charge in [-0.05, 0) is 24.6 Å². The monoisotopic (exact) mass is 271 g/mol. The van der Waals surface area contributed by atoms with Crippen molar-refractivity contribution in [3.05, 3.63) is 29.0 Å². The summed E-state index contributed by atoms with van der Waals surface area (Å²) in [6, 6.07) is 3.25. The number of rotatable bonds is 2. The van der Waals surface area contributed by atoms with Gasteiger partial charge in [-0.25, -0.2) is 9.18 Å². The van der Waals surface area contributed by atoms with Gasteiger partial charge >= 0.3 is 5.97 Å². The Morgan fingerprint density at radius 3 is 2.89 bits per heavy atom. The predicted molar refractivity (Wildman–Crippen MR) is 63.9 cm³/mol. The van der Waals surface area contributed by atoms with E-state index in [1.54, 1.807) is 0 Å². The molecule has 1 heterocycles. The van der Waals surface area contributed by atoms with Crippen LogP contribution in [0, 0.1) is 5.82 Å². The third-order valence-electron chi connectivity index (χ3n) is 2.87. The second kappa shape index (κ2) is 4.94. The number of esters is 1. The fourth-order valence-electron chi connectivity index (χ4n) is 2.00. The number of hydrogen-bond donors (Lipinski definition) is 0. The third-order valence-corrected chi connectivity index (χ3v) is 3.16. The maximum Gasteiger partial charge on any atom is 0.328 e. The van der Waals surface area contributed by atoms with Crippen LogP contribution in [-0.4, -0.2) is 25.0 Å². The van der Waals surface area contributed by atoms with Crippen LogP contribution in [0.4, 0.5) is 10.1 Å². The van der Waals surface area contributed by atoms with Crippen molar-refractivity contribution < 1.29 is 18.7 Å².